The molecule has 172 valence electrons. The molecule has 10 heteroatoms. The van der Waals surface area contributed by atoms with Crippen LogP contribution >= 0.6 is 0 Å². The normalized spacial score (nSPS) is 14.2. The molecule has 1 amide bonds. The molecule has 3 rings (SSSR count). The summed E-state index contributed by atoms with van der Waals surface area (Å²) < 4.78 is 15.5. The van der Waals surface area contributed by atoms with Gasteiger partial charge in [0.1, 0.15) is 5.69 Å². The van der Waals surface area contributed by atoms with Crippen LogP contribution in [0.4, 0.5) is 0 Å². The summed E-state index contributed by atoms with van der Waals surface area (Å²) in [5, 5.41) is 8.13. The number of H-pyrrole nitrogens is 1. The lowest BCUT2D eigenvalue weighted by Gasteiger charge is -2.30. The molecule has 2 aromatic rings. The van der Waals surface area contributed by atoms with Gasteiger partial charge in [0.05, 0.1) is 26.7 Å². The Kier molecular flexibility index (Phi) is 7.80. The van der Waals surface area contributed by atoms with Crippen LogP contribution in [0.15, 0.2) is 23.0 Å². The minimum atomic E-state index is -0.390. The predicted octanol–water partition coefficient (Wildman–Crippen LogP) is 1.58. The van der Waals surface area contributed by atoms with Crippen LogP contribution in [-0.4, -0.2) is 65.9 Å². The molecule has 0 atom stereocenters. The molecule has 0 spiro atoms. The van der Waals surface area contributed by atoms with E-state index in [-0.39, 0.29) is 36.3 Å². The molecular formula is C22H28N4O6. The summed E-state index contributed by atoms with van der Waals surface area (Å²) >= 11 is 0. The van der Waals surface area contributed by atoms with Gasteiger partial charge in [-0.1, -0.05) is 0 Å². The Bertz CT molecular complexity index is 1010. The number of likely N-dealkylation sites (tertiary alicyclic amines) is 1. The van der Waals surface area contributed by atoms with Crippen molar-refractivity contribution in [1.82, 2.24) is 20.1 Å². The van der Waals surface area contributed by atoms with Crippen LogP contribution in [0.2, 0.25) is 0 Å². The van der Waals surface area contributed by atoms with Gasteiger partial charge in [0.15, 0.2) is 17.3 Å². The number of ether oxygens (including phenoxy) is 3. The van der Waals surface area contributed by atoms with Crippen molar-refractivity contribution in [3.8, 4) is 22.9 Å². The standard InChI is InChI=1S/C22H28N4O6/c1-4-32-22(29)14-9-11-26(12-10-14)19(27)8-6-16-21(28)23-20(25-24-16)15-5-7-17(30-2)18(13-15)31-3/h5,7,13-14H,4,6,8-12H2,1-3H3,(H,23,25,28). The number of carbonyl (C=O) groups is 2. The first kappa shape index (κ1) is 23.2. The van der Waals surface area contributed by atoms with Gasteiger partial charge in [-0.05, 0) is 38.0 Å². The minimum Gasteiger partial charge on any atom is -0.493 e. The monoisotopic (exact) mass is 444 g/mol. The van der Waals surface area contributed by atoms with Crippen molar-refractivity contribution < 1.29 is 23.8 Å². The second-order valence-electron chi connectivity index (χ2n) is 7.43. The zero-order valence-electron chi connectivity index (χ0n) is 18.6. The second-order valence-corrected chi connectivity index (χ2v) is 7.43. The van der Waals surface area contributed by atoms with Crippen LogP contribution in [0.25, 0.3) is 11.4 Å². The third kappa shape index (κ3) is 5.43. The Morgan fingerprint density at radius 1 is 1.12 bits per heavy atom. The average molecular weight is 444 g/mol. The number of amides is 1. The smallest absolute Gasteiger partial charge is 0.309 e. The van der Waals surface area contributed by atoms with Crippen molar-refractivity contribution >= 4 is 11.9 Å². The van der Waals surface area contributed by atoms with Gasteiger partial charge in [0.2, 0.25) is 5.91 Å². The Hall–Kier alpha value is -3.43. The summed E-state index contributed by atoms with van der Waals surface area (Å²) in [4.78, 5) is 41.3. The van der Waals surface area contributed by atoms with E-state index < -0.39 is 5.56 Å². The Morgan fingerprint density at radius 3 is 2.47 bits per heavy atom. The van der Waals surface area contributed by atoms with Gasteiger partial charge < -0.3 is 24.1 Å². The van der Waals surface area contributed by atoms with Gasteiger partial charge in [0, 0.05) is 31.5 Å². The molecule has 0 unspecified atom stereocenters. The van der Waals surface area contributed by atoms with Crippen LogP contribution < -0.4 is 15.0 Å². The molecule has 0 aliphatic carbocycles. The number of rotatable bonds is 8. The highest BCUT2D eigenvalue weighted by atomic mass is 16.5. The van der Waals surface area contributed by atoms with Crippen LogP contribution in [0.5, 0.6) is 11.5 Å². The van der Waals surface area contributed by atoms with Crippen LogP contribution in [-0.2, 0) is 20.7 Å². The first-order valence-corrected chi connectivity index (χ1v) is 10.6. The highest BCUT2D eigenvalue weighted by molar-refractivity contribution is 5.77. The zero-order valence-corrected chi connectivity index (χ0v) is 18.6. The van der Waals surface area contributed by atoms with E-state index in [1.807, 2.05) is 0 Å². The summed E-state index contributed by atoms with van der Waals surface area (Å²) in [6.45, 7) is 3.14. The number of carbonyl (C=O) groups excluding carboxylic acids is 2. The summed E-state index contributed by atoms with van der Waals surface area (Å²) in [6, 6.07) is 5.15. The van der Waals surface area contributed by atoms with Gasteiger partial charge in [-0.3, -0.25) is 14.4 Å². The van der Waals surface area contributed by atoms with Gasteiger partial charge >= 0.3 is 5.97 Å². The Labute approximate surface area is 185 Å². The third-order valence-corrected chi connectivity index (χ3v) is 5.46. The number of piperidine rings is 1. The summed E-state index contributed by atoms with van der Waals surface area (Å²) in [7, 11) is 3.06. The lowest BCUT2D eigenvalue weighted by molar-refractivity contribution is -0.151. The van der Waals surface area contributed by atoms with E-state index >= 15 is 0 Å². The molecule has 2 heterocycles. The molecule has 1 aromatic heterocycles. The molecular weight excluding hydrogens is 416 g/mol. The quantitative estimate of drug-likeness (QED) is 0.609. The number of hydrogen-bond donors (Lipinski definition) is 1. The zero-order chi connectivity index (χ0) is 23.1. The first-order chi connectivity index (χ1) is 15.5. The van der Waals surface area contributed by atoms with E-state index in [0.717, 1.165) is 0 Å². The fraction of sp³-hybridized carbons (Fsp3) is 0.500. The lowest BCUT2D eigenvalue weighted by Crippen LogP contribution is -2.40. The number of nitrogens with one attached hydrogen (secondary N) is 1. The molecule has 1 aromatic carbocycles. The van der Waals surface area contributed by atoms with Gasteiger partial charge in [-0.15, -0.1) is 10.2 Å². The third-order valence-electron chi connectivity index (χ3n) is 5.46. The van der Waals surface area contributed by atoms with E-state index in [2.05, 4.69) is 15.2 Å². The maximum absolute atomic E-state index is 12.5. The van der Waals surface area contributed by atoms with Gasteiger partial charge in [0.25, 0.3) is 5.56 Å². The van der Waals surface area contributed by atoms with Crippen molar-refractivity contribution in [1.29, 1.82) is 0 Å². The topological polar surface area (TPSA) is 124 Å². The van der Waals surface area contributed by atoms with Crippen LogP contribution in [0.3, 0.4) is 0 Å². The Morgan fingerprint density at radius 2 is 1.84 bits per heavy atom. The van der Waals surface area contributed by atoms with Crippen molar-refractivity contribution in [2.75, 3.05) is 33.9 Å². The molecule has 1 aliphatic rings. The fourth-order valence-electron chi connectivity index (χ4n) is 3.65. The maximum Gasteiger partial charge on any atom is 0.309 e. The summed E-state index contributed by atoms with van der Waals surface area (Å²) in [5.41, 5.74) is 0.432. The van der Waals surface area contributed by atoms with E-state index in [1.165, 1.54) is 14.2 Å². The second kappa shape index (κ2) is 10.7. The molecule has 32 heavy (non-hydrogen) atoms. The van der Waals surface area contributed by atoms with Crippen molar-refractivity contribution in [2.24, 2.45) is 5.92 Å². The average Bonchev–Trinajstić information content (AvgIpc) is 2.82. The summed E-state index contributed by atoms with van der Waals surface area (Å²) in [5.74, 6) is 0.944. The lowest BCUT2D eigenvalue weighted by atomic mass is 9.96. The molecule has 10 nitrogen and oxygen atoms in total. The molecule has 1 saturated heterocycles. The number of aryl methyl sites for hydroxylation is 1. The number of benzene rings is 1. The molecule has 1 aliphatic heterocycles. The molecule has 0 saturated carbocycles. The highest BCUT2D eigenvalue weighted by Crippen LogP contribution is 2.30. The van der Waals surface area contributed by atoms with Gasteiger partial charge in [-0.25, -0.2) is 0 Å². The van der Waals surface area contributed by atoms with E-state index in [4.69, 9.17) is 14.2 Å². The first-order valence-electron chi connectivity index (χ1n) is 10.6. The van der Waals surface area contributed by atoms with E-state index in [1.54, 1.807) is 30.0 Å². The number of hydrogen-bond acceptors (Lipinski definition) is 8. The number of esters is 1. The number of aromatic nitrogens is 3. The predicted molar refractivity (Wildman–Crippen MR) is 115 cm³/mol. The number of aromatic amines is 1. The van der Waals surface area contributed by atoms with Crippen LogP contribution in [0, 0.1) is 5.92 Å². The van der Waals surface area contributed by atoms with Crippen molar-refractivity contribution in [2.45, 2.75) is 32.6 Å². The number of nitrogens with zero attached hydrogens (tertiary/aromatic N) is 3. The number of methoxy groups -OCH3 is 2. The molecule has 0 radical (unpaired) electrons. The van der Waals surface area contributed by atoms with E-state index in [0.29, 0.717) is 55.4 Å². The van der Waals surface area contributed by atoms with E-state index in [9.17, 15) is 14.4 Å². The molecule has 0 bridgehead atoms. The van der Waals surface area contributed by atoms with Crippen molar-refractivity contribution in [3.63, 3.8) is 0 Å². The van der Waals surface area contributed by atoms with Gasteiger partial charge in [-0.2, -0.15) is 0 Å². The largest absolute Gasteiger partial charge is 0.493 e. The SMILES string of the molecule is CCOC(=O)C1CCN(C(=O)CCc2nnc(-c3ccc(OC)c(OC)c3)[nH]c2=O)CC1. The fourth-order valence-corrected chi connectivity index (χ4v) is 3.65. The maximum atomic E-state index is 12.5. The van der Waals surface area contributed by atoms with Crippen LogP contribution in [0.1, 0.15) is 31.9 Å². The molecule has 1 N–H and O–H groups in total. The van der Waals surface area contributed by atoms with Crippen molar-refractivity contribution in [3.05, 3.63) is 34.2 Å². The summed E-state index contributed by atoms with van der Waals surface area (Å²) in [6.07, 6.45) is 1.51. The highest BCUT2D eigenvalue weighted by Gasteiger charge is 2.28. The molecule has 1 fully saturated rings. The minimum absolute atomic E-state index is 0.0718. The Balaban J connectivity index is 1.58.